The van der Waals surface area contributed by atoms with Gasteiger partial charge < -0.3 is 14.6 Å². The van der Waals surface area contributed by atoms with Gasteiger partial charge in [-0.2, -0.15) is 0 Å². The van der Waals surface area contributed by atoms with E-state index >= 15 is 0 Å². The van der Waals surface area contributed by atoms with Gasteiger partial charge in [0.25, 0.3) is 0 Å². The molecule has 0 aliphatic rings. The summed E-state index contributed by atoms with van der Waals surface area (Å²) < 4.78 is 5.81. The van der Waals surface area contributed by atoms with Crippen molar-refractivity contribution in [2.75, 3.05) is 18.5 Å². The molecule has 19 heavy (non-hydrogen) atoms. The first-order valence-corrected chi connectivity index (χ1v) is 6.77. The van der Waals surface area contributed by atoms with Crippen LogP contribution in [0.5, 0.6) is 0 Å². The van der Waals surface area contributed by atoms with Crippen molar-refractivity contribution in [3.05, 3.63) is 53.5 Å². The lowest BCUT2D eigenvalue weighted by molar-refractivity contribution is 0.451. The van der Waals surface area contributed by atoms with Gasteiger partial charge in [-0.3, -0.25) is 0 Å². The minimum atomic E-state index is 0.774. The summed E-state index contributed by atoms with van der Waals surface area (Å²) in [5, 5.41) is 3.10. The first kappa shape index (κ1) is 13.7. The van der Waals surface area contributed by atoms with Gasteiger partial charge in [-0.05, 0) is 44.7 Å². The molecule has 0 saturated heterocycles. The van der Waals surface area contributed by atoms with Gasteiger partial charge in [-0.25, -0.2) is 0 Å². The molecule has 0 atom stereocenters. The summed E-state index contributed by atoms with van der Waals surface area (Å²) in [5.41, 5.74) is 2.57. The molecule has 0 unspecified atom stereocenters. The van der Waals surface area contributed by atoms with Gasteiger partial charge in [0.15, 0.2) is 0 Å². The van der Waals surface area contributed by atoms with Crippen LogP contribution in [0.15, 0.2) is 40.8 Å². The number of aryl methyl sites for hydroxylation is 1. The molecule has 0 radical (unpaired) electrons. The highest BCUT2D eigenvalue weighted by atomic mass is 16.3. The zero-order valence-corrected chi connectivity index (χ0v) is 11.9. The van der Waals surface area contributed by atoms with Gasteiger partial charge in [0.05, 0.1) is 13.1 Å². The number of benzene rings is 1. The van der Waals surface area contributed by atoms with Crippen LogP contribution in [0.1, 0.15) is 24.0 Å². The van der Waals surface area contributed by atoms with E-state index in [-0.39, 0.29) is 0 Å². The first-order chi connectivity index (χ1) is 9.24. The minimum absolute atomic E-state index is 0.774. The summed E-state index contributed by atoms with van der Waals surface area (Å²) in [5.74, 6) is 1.99. The maximum absolute atomic E-state index is 5.81. The average molecular weight is 258 g/mol. The summed E-state index contributed by atoms with van der Waals surface area (Å²) in [6.45, 7) is 6.87. The number of para-hydroxylation sites is 1. The van der Waals surface area contributed by atoms with E-state index in [4.69, 9.17) is 4.42 Å². The van der Waals surface area contributed by atoms with Crippen LogP contribution in [0.25, 0.3) is 0 Å². The number of nitrogens with one attached hydrogen (secondary N) is 1. The summed E-state index contributed by atoms with van der Waals surface area (Å²) in [4.78, 5) is 2.33. The van der Waals surface area contributed by atoms with Gasteiger partial charge in [0.1, 0.15) is 11.5 Å². The number of nitrogens with zero attached hydrogens (tertiary/aromatic N) is 1. The summed E-state index contributed by atoms with van der Waals surface area (Å²) >= 11 is 0. The molecule has 0 spiro atoms. The summed E-state index contributed by atoms with van der Waals surface area (Å²) in [6.07, 6.45) is 0. The molecule has 1 heterocycles. The molecule has 102 valence electrons. The Kier molecular flexibility index (Phi) is 4.63. The van der Waals surface area contributed by atoms with E-state index < -0.39 is 0 Å². The molecule has 0 aliphatic carbocycles. The zero-order valence-electron chi connectivity index (χ0n) is 11.9. The van der Waals surface area contributed by atoms with E-state index in [0.29, 0.717) is 0 Å². The van der Waals surface area contributed by atoms with Crippen molar-refractivity contribution in [1.82, 2.24) is 5.32 Å². The Morgan fingerprint density at radius 2 is 1.84 bits per heavy atom. The molecular weight excluding hydrogens is 236 g/mol. The Morgan fingerprint density at radius 1 is 1.11 bits per heavy atom. The lowest BCUT2D eigenvalue weighted by Gasteiger charge is -2.23. The van der Waals surface area contributed by atoms with Crippen molar-refractivity contribution >= 4 is 5.69 Å². The van der Waals surface area contributed by atoms with Gasteiger partial charge in [0.2, 0.25) is 0 Å². The minimum Gasteiger partial charge on any atom is -0.463 e. The average Bonchev–Trinajstić information content (AvgIpc) is 2.85. The second-order valence-electron chi connectivity index (χ2n) is 4.70. The van der Waals surface area contributed by atoms with Crippen LogP contribution in [-0.4, -0.2) is 13.6 Å². The fraction of sp³-hybridized carbons (Fsp3) is 0.375. The molecule has 0 amide bonds. The molecule has 0 saturated carbocycles. The molecule has 3 heteroatoms. The molecule has 1 N–H and O–H groups in total. The Hall–Kier alpha value is -1.74. The van der Waals surface area contributed by atoms with E-state index in [1.54, 1.807) is 0 Å². The number of anilines is 1. The lowest BCUT2D eigenvalue weighted by atomic mass is 10.2. The summed E-state index contributed by atoms with van der Waals surface area (Å²) in [7, 11) is 1.92. The Balaban J connectivity index is 2.12. The van der Waals surface area contributed by atoms with E-state index in [9.17, 15) is 0 Å². The predicted octanol–water partition coefficient (Wildman–Crippen LogP) is 3.33. The van der Waals surface area contributed by atoms with E-state index in [1.165, 1.54) is 11.3 Å². The van der Waals surface area contributed by atoms with Crippen molar-refractivity contribution in [1.29, 1.82) is 0 Å². The molecular formula is C16H22N2O. The lowest BCUT2D eigenvalue weighted by Crippen LogP contribution is -2.22. The molecule has 0 bridgehead atoms. The summed E-state index contributed by atoms with van der Waals surface area (Å²) in [6, 6.07) is 12.6. The van der Waals surface area contributed by atoms with Crippen LogP contribution in [0.2, 0.25) is 0 Å². The number of rotatable bonds is 6. The standard InChI is InChI=1S/C16H22N2O/c1-4-18(16-8-6-5-7-13(16)2)12-15-10-9-14(19-15)11-17-3/h5-10,17H,4,11-12H2,1-3H3. The highest BCUT2D eigenvalue weighted by molar-refractivity contribution is 5.52. The molecule has 1 aromatic carbocycles. The third kappa shape index (κ3) is 3.38. The third-order valence-electron chi connectivity index (χ3n) is 3.25. The molecule has 3 nitrogen and oxygen atoms in total. The third-order valence-corrected chi connectivity index (χ3v) is 3.25. The van der Waals surface area contributed by atoms with Gasteiger partial charge in [0, 0.05) is 12.2 Å². The highest BCUT2D eigenvalue weighted by Crippen LogP contribution is 2.22. The van der Waals surface area contributed by atoms with Crippen LogP contribution in [0.3, 0.4) is 0 Å². The predicted molar refractivity (Wildman–Crippen MR) is 79.4 cm³/mol. The maximum atomic E-state index is 5.81. The number of furan rings is 1. The quantitative estimate of drug-likeness (QED) is 0.861. The second-order valence-corrected chi connectivity index (χ2v) is 4.70. The van der Waals surface area contributed by atoms with Crippen LogP contribution in [-0.2, 0) is 13.1 Å². The Labute approximate surface area is 115 Å². The van der Waals surface area contributed by atoms with Crippen molar-refractivity contribution in [3.8, 4) is 0 Å². The van der Waals surface area contributed by atoms with Crippen molar-refractivity contribution in [2.45, 2.75) is 26.9 Å². The topological polar surface area (TPSA) is 28.4 Å². The zero-order chi connectivity index (χ0) is 13.7. The smallest absolute Gasteiger partial charge is 0.123 e. The fourth-order valence-corrected chi connectivity index (χ4v) is 2.25. The normalized spacial score (nSPS) is 10.7. The number of hydrogen-bond donors (Lipinski definition) is 1. The van der Waals surface area contributed by atoms with Crippen molar-refractivity contribution in [3.63, 3.8) is 0 Å². The SMILES string of the molecule is CCN(Cc1ccc(CNC)o1)c1ccccc1C. The van der Waals surface area contributed by atoms with Crippen molar-refractivity contribution in [2.24, 2.45) is 0 Å². The molecule has 1 aromatic heterocycles. The maximum Gasteiger partial charge on any atom is 0.123 e. The van der Waals surface area contributed by atoms with E-state index in [1.807, 2.05) is 13.1 Å². The van der Waals surface area contributed by atoms with Crippen LogP contribution in [0.4, 0.5) is 5.69 Å². The fourth-order valence-electron chi connectivity index (χ4n) is 2.25. The number of hydrogen-bond acceptors (Lipinski definition) is 3. The van der Waals surface area contributed by atoms with Crippen LogP contribution >= 0.6 is 0 Å². The van der Waals surface area contributed by atoms with E-state index in [2.05, 4.69) is 54.4 Å². The monoisotopic (exact) mass is 258 g/mol. The largest absolute Gasteiger partial charge is 0.463 e. The first-order valence-electron chi connectivity index (χ1n) is 6.77. The van der Waals surface area contributed by atoms with Gasteiger partial charge in [-0.1, -0.05) is 18.2 Å². The van der Waals surface area contributed by atoms with E-state index in [0.717, 1.165) is 31.2 Å². The highest BCUT2D eigenvalue weighted by Gasteiger charge is 2.10. The molecule has 2 aromatic rings. The van der Waals surface area contributed by atoms with Crippen molar-refractivity contribution < 1.29 is 4.42 Å². The molecule has 0 aliphatic heterocycles. The second kappa shape index (κ2) is 6.43. The van der Waals surface area contributed by atoms with Gasteiger partial charge in [-0.15, -0.1) is 0 Å². The Morgan fingerprint density at radius 3 is 2.53 bits per heavy atom. The molecule has 0 fully saturated rings. The Bertz CT molecular complexity index is 519. The molecule has 2 rings (SSSR count). The van der Waals surface area contributed by atoms with Gasteiger partial charge >= 0.3 is 0 Å². The van der Waals surface area contributed by atoms with Crippen LogP contribution in [0, 0.1) is 6.92 Å². The van der Waals surface area contributed by atoms with Crippen LogP contribution < -0.4 is 10.2 Å².